The summed E-state index contributed by atoms with van der Waals surface area (Å²) >= 11 is 0. The first-order chi connectivity index (χ1) is 15.5. The Morgan fingerprint density at radius 2 is 1.84 bits per heavy atom. The number of rotatable bonds is 8. The smallest absolute Gasteiger partial charge is 0.213 e. The Morgan fingerprint density at radius 1 is 1.09 bits per heavy atom. The first kappa shape index (κ1) is 22.7. The maximum Gasteiger partial charge on any atom is 0.213 e. The quantitative estimate of drug-likeness (QED) is 0.538. The van der Waals surface area contributed by atoms with Gasteiger partial charge in [-0.3, -0.25) is 4.98 Å². The summed E-state index contributed by atoms with van der Waals surface area (Å²) in [6, 6.07) is 15.1. The maximum atomic E-state index is 12.2. The van der Waals surface area contributed by atoms with Crippen molar-refractivity contribution >= 4 is 26.5 Å². The van der Waals surface area contributed by atoms with Crippen molar-refractivity contribution in [3.63, 3.8) is 0 Å². The molecule has 1 fully saturated rings. The van der Waals surface area contributed by atoms with Crippen LogP contribution in [0.4, 0.5) is 5.69 Å². The predicted octanol–water partition coefficient (Wildman–Crippen LogP) is 4.05. The van der Waals surface area contributed by atoms with E-state index in [1.807, 2.05) is 18.5 Å². The van der Waals surface area contributed by atoms with E-state index in [0.717, 1.165) is 53.3 Å². The molecule has 1 aromatic heterocycles. The van der Waals surface area contributed by atoms with E-state index in [9.17, 15) is 8.42 Å². The SMILES string of the molecule is CCS(=O)(=O)N1CCC(Nc2cc(-c3ccc(CCCO)cc3)cc3ccncc23)CC1. The van der Waals surface area contributed by atoms with Crippen molar-refractivity contribution < 1.29 is 13.5 Å². The first-order valence-corrected chi connectivity index (χ1v) is 12.9. The topological polar surface area (TPSA) is 82.5 Å². The Hall–Kier alpha value is -2.48. The fraction of sp³-hybridized carbons (Fsp3) is 0.400. The molecule has 0 unspecified atom stereocenters. The van der Waals surface area contributed by atoms with Crippen LogP contribution in [0.5, 0.6) is 0 Å². The van der Waals surface area contributed by atoms with Gasteiger partial charge in [0.1, 0.15) is 0 Å². The summed E-state index contributed by atoms with van der Waals surface area (Å²) in [5, 5.41) is 14.9. The minimum absolute atomic E-state index is 0.155. The molecule has 7 heteroatoms. The zero-order valence-corrected chi connectivity index (χ0v) is 19.3. The highest BCUT2D eigenvalue weighted by atomic mass is 32.2. The van der Waals surface area contributed by atoms with Gasteiger partial charge in [-0.1, -0.05) is 24.3 Å². The molecule has 2 N–H and O–H groups in total. The van der Waals surface area contributed by atoms with Crippen LogP contribution < -0.4 is 5.32 Å². The lowest BCUT2D eigenvalue weighted by molar-refractivity contribution is 0.288. The van der Waals surface area contributed by atoms with Crippen LogP contribution in [-0.2, 0) is 16.4 Å². The van der Waals surface area contributed by atoms with Crippen LogP contribution in [-0.4, -0.2) is 54.3 Å². The Bertz CT molecular complexity index is 1150. The van der Waals surface area contributed by atoms with E-state index in [1.54, 1.807) is 11.2 Å². The summed E-state index contributed by atoms with van der Waals surface area (Å²) in [6.45, 7) is 3.01. The van der Waals surface area contributed by atoms with Gasteiger partial charge in [0.15, 0.2) is 0 Å². The molecular formula is C25H31N3O3S. The maximum absolute atomic E-state index is 12.2. The number of pyridine rings is 1. The lowest BCUT2D eigenvalue weighted by atomic mass is 9.98. The molecule has 32 heavy (non-hydrogen) atoms. The number of aliphatic hydroxyl groups is 1. The number of piperidine rings is 1. The number of aromatic nitrogens is 1. The Balaban J connectivity index is 1.57. The molecule has 2 heterocycles. The Labute approximate surface area is 190 Å². The van der Waals surface area contributed by atoms with Crippen molar-refractivity contribution in [3.8, 4) is 11.1 Å². The molecule has 2 aromatic carbocycles. The van der Waals surface area contributed by atoms with E-state index in [-0.39, 0.29) is 18.4 Å². The highest BCUT2D eigenvalue weighted by molar-refractivity contribution is 7.89. The van der Waals surface area contributed by atoms with Crippen molar-refractivity contribution in [1.82, 2.24) is 9.29 Å². The predicted molar refractivity (Wildman–Crippen MR) is 130 cm³/mol. The van der Waals surface area contributed by atoms with Crippen molar-refractivity contribution in [2.45, 2.75) is 38.6 Å². The van der Waals surface area contributed by atoms with Crippen LogP contribution in [0.2, 0.25) is 0 Å². The number of benzene rings is 2. The van der Waals surface area contributed by atoms with E-state index >= 15 is 0 Å². The van der Waals surface area contributed by atoms with Crippen LogP contribution in [0.3, 0.4) is 0 Å². The molecule has 1 aliphatic heterocycles. The second kappa shape index (κ2) is 9.98. The summed E-state index contributed by atoms with van der Waals surface area (Å²) in [5.41, 5.74) is 4.53. The summed E-state index contributed by atoms with van der Waals surface area (Å²) < 4.78 is 25.9. The normalized spacial score (nSPS) is 15.8. The van der Waals surface area contributed by atoms with E-state index in [2.05, 4.69) is 46.7 Å². The minimum Gasteiger partial charge on any atom is -0.396 e. The monoisotopic (exact) mass is 453 g/mol. The molecule has 4 rings (SSSR count). The van der Waals surface area contributed by atoms with Crippen LogP contribution in [0.1, 0.15) is 31.7 Å². The molecule has 0 amide bonds. The molecule has 0 saturated carbocycles. The molecule has 6 nitrogen and oxygen atoms in total. The molecule has 0 radical (unpaired) electrons. The molecule has 0 spiro atoms. The highest BCUT2D eigenvalue weighted by Gasteiger charge is 2.26. The number of sulfonamides is 1. The van der Waals surface area contributed by atoms with Gasteiger partial charge in [-0.15, -0.1) is 0 Å². The molecule has 0 atom stereocenters. The number of nitrogens with zero attached hydrogens (tertiary/aromatic N) is 2. The molecule has 0 aliphatic carbocycles. The van der Waals surface area contributed by atoms with Crippen molar-refractivity contribution in [2.75, 3.05) is 30.8 Å². The number of aryl methyl sites for hydroxylation is 1. The average Bonchev–Trinajstić information content (AvgIpc) is 2.83. The summed E-state index contributed by atoms with van der Waals surface area (Å²) in [4.78, 5) is 4.32. The summed E-state index contributed by atoms with van der Waals surface area (Å²) in [6.07, 6.45) is 6.90. The number of hydrogen-bond donors (Lipinski definition) is 2. The summed E-state index contributed by atoms with van der Waals surface area (Å²) in [7, 11) is -3.12. The standard InChI is InChI=1S/C25H31N3O3S/c1-2-32(30,31)28-13-10-23(11-14-28)27-25-17-22(16-21-9-12-26-18-24(21)25)20-7-5-19(6-8-20)4-3-15-29/h5-9,12,16-18,23,27,29H,2-4,10-11,13-15H2,1H3. The Kier molecular flexibility index (Phi) is 7.08. The zero-order valence-electron chi connectivity index (χ0n) is 18.5. The van der Waals surface area contributed by atoms with Crippen LogP contribution in [0.25, 0.3) is 21.9 Å². The Morgan fingerprint density at radius 3 is 2.53 bits per heavy atom. The molecule has 1 saturated heterocycles. The zero-order chi connectivity index (χ0) is 22.6. The highest BCUT2D eigenvalue weighted by Crippen LogP contribution is 2.32. The van der Waals surface area contributed by atoms with E-state index in [0.29, 0.717) is 13.1 Å². The van der Waals surface area contributed by atoms with Crippen molar-refractivity contribution in [1.29, 1.82) is 0 Å². The molecule has 170 valence electrons. The van der Waals surface area contributed by atoms with Crippen molar-refractivity contribution in [2.24, 2.45) is 0 Å². The van der Waals surface area contributed by atoms with Gasteiger partial charge < -0.3 is 10.4 Å². The molecular weight excluding hydrogens is 422 g/mol. The first-order valence-electron chi connectivity index (χ1n) is 11.3. The lowest BCUT2D eigenvalue weighted by Crippen LogP contribution is -2.42. The van der Waals surface area contributed by atoms with Gasteiger partial charge in [-0.2, -0.15) is 0 Å². The lowest BCUT2D eigenvalue weighted by Gasteiger charge is -2.32. The third-order valence-corrected chi connectivity index (χ3v) is 8.12. The molecule has 0 bridgehead atoms. The van der Waals surface area contributed by atoms with Gasteiger partial charge in [0.2, 0.25) is 10.0 Å². The third-order valence-electron chi connectivity index (χ3n) is 6.24. The third kappa shape index (κ3) is 5.11. The van der Waals surface area contributed by atoms with Gasteiger partial charge in [0.25, 0.3) is 0 Å². The van der Waals surface area contributed by atoms with Gasteiger partial charge in [-0.25, -0.2) is 12.7 Å². The summed E-state index contributed by atoms with van der Waals surface area (Å²) in [5.74, 6) is 0.155. The van der Waals surface area contributed by atoms with Gasteiger partial charge in [0.05, 0.1) is 5.75 Å². The van der Waals surface area contributed by atoms with Crippen LogP contribution in [0.15, 0.2) is 54.9 Å². The second-order valence-corrected chi connectivity index (χ2v) is 10.6. The number of anilines is 1. The van der Waals surface area contributed by atoms with Gasteiger partial charge >= 0.3 is 0 Å². The number of hydrogen-bond acceptors (Lipinski definition) is 5. The fourth-order valence-corrected chi connectivity index (χ4v) is 5.44. The second-order valence-electron chi connectivity index (χ2n) is 8.36. The van der Waals surface area contributed by atoms with E-state index in [1.165, 1.54) is 5.56 Å². The molecule has 3 aromatic rings. The van der Waals surface area contributed by atoms with Gasteiger partial charge in [-0.05, 0) is 72.9 Å². The number of aliphatic hydroxyl groups excluding tert-OH is 1. The average molecular weight is 454 g/mol. The number of fused-ring (bicyclic) bond motifs is 1. The largest absolute Gasteiger partial charge is 0.396 e. The van der Waals surface area contributed by atoms with Crippen molar-refractivity contribution in [3.05, 3.63) is 60.4 Å². The van der Waals surface area contributed by atoms with Crippen LogP contribution >= 0.6 is 0 Å². The fourth-order valence-electron chi connectivity index (χ4n) is 4.31. The van der Waals surface area contributed by atoms with E-state index in [4.69, 9.17) is 5.11 Å². The van der Waals surface area contributed by atoms with E-state index < -0.39 is 10.0 Å². The number of nitrogens with one attached hydrogen (secondary N) is 1. The van der Waals surface area contributed by atoms with Gasteiger partial charge in [0, 0.05) is 49.2 Å². The molecule has 1 aliphatic rings. The van der Waals surface area contributed by atoms with Crippen LogP contribution in [0, 0.1) is 0 Å². The minimum atomic E-state index is -3.12.